The molecule has 0 atom stereocenters. The van der Waals surface area contributed by atoms with Crippen molar-refractivity contribution < 1.29 is 4.79 Å². The van der Waals surface area contributed by atoms with E-state index in [1.54, 1.807) is 18.2 Å². The summed E-state index contributed by atoms with van der Waals surface area (Å²) in [6, 6.07) is 6.94. The van der Waals surface area contributed by atoms with Gasteiger partial charge in [0.15, 0.2) is 0 Å². The molecule has 1 aromatic carbocycles. The molecule has 2 aromatic rings. The van der Waals surface area contributed by atoms with Crippen molar-refractivity contribution >= 4 is 34.9 Å². The lowest BCUT2D eigenvalue weighted by Gasteiger charge is -2.35. The number of halogens is 2. The summed E-state index contributed by atoms with van der Waals surface area (Å²) in [5.74, 6) is 2.02. The fraction of sp³-hybridized carbons (Fsp3) is 0.421. The van der Waals surface area contributed by atoms with E-state index in [1.807, 2.05) is 17.9 Å². The standard InChI is InChI=1S/C19H22Cl2N4O/c1-12(2)18-22-13(3)8-17(23-18)24-4-6-25(7-5-24)19(26)14-9-15(20)11-16(21)10-14/h8-12H,4-7H2,1-3H3. The summed E-state index contributed by atoms with van der Waals surface area (Å²) in [6.45, 7) is 8.88. The Morgan fingerprint density at radius 1 is 1.00 bits per heavy atom. The van der Waals surface area contributed by atoms with Gasteiger partial charge < -0.3 is 9.80 Å². The minimum absolute atomic E-state index is 0.0456. The average Bonchev–Trinajstić information content (AvgIpc) is 2.60. The largest absolute Gasteiger partial charge is 0.353 e. The van der Waals surface area contributed by atoms with Crippen molar-refractivity contribution in [3.63, 3.8) is 0 Å². The third-order valence-electron chi connectivity index (χ3n) is 4.37. The van der Waals surface area contributed by atoms with Gasteiger partial charge in [-0.1, -0.05) is 37.0 Å². The molecule has 26 heavy (non-hydrogen) atoms. The Labute approximate surface area is 163 Å². The van der Waals surface area contributed by atoms with Crippen LogP contribution in [0.4, 0.5) is 5.82 Å². The zero-order valence-corrected chi connectivity index (χ0v) is 16.7. The third kappa shape index (κ3) is 4.27. The molecule has 1 aliphatic rings. The molecule has 7 heteroatoms. The van der Waals surface area contributed by atoms with Crippen molar-refractivity contribution in [2.75, 3.05) is 31.1 Å². The lowest BCUT2D eigenvalue weighted by Crippen LogP contribution is -2.49. The highest BCUT2D eigenvalue weighted by atomic mass is 35.5. The van der Waals surface area contributed by atoms with E-state index in [2.05, 4.69) is 28.7 Å². The van der Waals surface area contributed by atoms with Crippen molar-refractivity contribution in [2.45, 2.75) is 26.7 Å². The SMILES string of the molecule is Cc1cc(N2CCN(C(=O)c3cc(Cl)cc(Cl)c3)CC2)nc(C(C)C)n1. The Balaban J connectivity index is 1.70. The first-order chi connectivity index (χ1) is 12.3. The summed E-state index contributed by atoms with van der Waals surface area (Å²) in [5.41, 5.74) is 1.49. The molecule has 138 valence electrons. The Kier molecular flexibility index (Phi) is 5.68. The second kappa shape index (κ2) is 7.80. The molecule has 5 nitrogen and oxygen atoms in total. The van der Waals surface area contributed by atoms with Gasteiger partial charge in [0.05, 0.1) is 0 Å². The molecule has 3 rings (SSSR count). The molecule has 1 aliphatic heterocycles. The summed E-state index contributed by atoms with van der Waals surface area (Å²) in [7, 11) is 0. The highest BCUT2D eigenvalue weighted by molar-refractivity contribution is 6.35. The Morgan fingerprint density at radius 2 is 1.62 bits per heavy atom. The molecule has 0 spiro atoms. The number of nitrogens with zero attached hydrogens (tertiary/aromatic N) is 4. The first-order valence-electron chi connectivity index (χ1n) is 8.69. The molecule has 1 amide bonds. The summed E-state index contributed by atoms with van der Waals surface area (Å²) in [5, 5.41) is 0.939. The second-order valence-corrected chi connectivity index (χ2v) is 7.69. The van der Waals surface area contributed by atoms with Crippen molar-refractivity contribution in [2.24, 2.45) is 0 Å². The second-order valence-electron chi connectivity index (χ2n) is 6.82. The first kappa shape index (κ1) is 18.9. The number of benzene rings is 1. The average molecular weight is 393 g/mol. The van der Waals surface area contributed by atoms with Gasteiger partial charge in [0, 0.05) is 59.5 Å². The number of hydrogen-bond acceptors (Lipinski definition) is 4. The van der Waals surface area contributed by atoms with Crippen LogP contribution in [0, 0.1) is 6.92 Å². The number of aryl methyl sites for hydroxylation is 1. The van der Waals surface area contributed by atoms with Gasteiger partial charge in [0.1, 0.15) is 11.6 Å². The molecule has 0 bridgehead atoms. The molecule has 0 radical (unpaired) electrons. The van der Waals surface area contributed by atoms with E-state index in [0.29, 0.717) is 28.7 Å². The molecule has 1 aromatic heterocycles. The van der Waals surface area contributed by atoms with Gasteiger partial charge in [-0.25, -0.2) is 9.97 Å². The molecule has 0 unspecified atom stereocenters. The normalized spacial score (nSPS) is 14.8. The first-order valence-corrected chi connectivity index (χ1v) is 9.45. The Bertz CT molecular complexity index is 797. The minimum Gasteiger partial charge on any atom is -0.353 e. The van der Waals surface area contributed by atoms with E-state index in [9.17, 15) is 4.79 Å². The van der Waals surface area contributed by atoms with Crippen molar-refractivity contribution in [1.29, 1.82) is 0 Å². The Hall–Kier alpha value is -1.85. The molecular weight excluding hydrogens is 371 g/mol. The quantitative estimate of drug-likeness (QED) is 0.785. The van der Waals surface area contributed by atoms with E-state index >= 15 is 0 Å². The van der Waals surface area contributed by atoms with E-state index in [4.69, 9.17) is 23.2 Å². The summed E-state index contributed by atoms with van der Waals surface area (Å²) >= 11 is 12.0. The molecule has 0 saturated carbocycles. The van der Waals surface area contributed by atoms with Gasteiger partial charge in [-0.2, -0.15) is 0 Å². The van der Waals surface area contributed by atoms with Crippen LogP contribution in [-0.4, -0.2) is 47.0 Å². The van der Waals surface area contributed by atoms with E-state index in [0.717, 1.165) is 30.4 Å². The molecular formula is C19H22Cl2N4O. The van der Waals surface area contributed by atoms with Gasteiger partial charge in [-0.05, 0) is 25.1 Å². The van der Waals surface area contributed by atoms with E-state index in [-0.39, 0.29) is 11.8 Å². The van der Waals surface area contributed by atoms with Gasteiger partial charge in [0.2, 0.25) is 0 Å². The number of carbonyl (C=O) groups is 1. The topological polar surface area (TPSA) is 49.3 Å². The maximum Gasteiger partial charge on any atom is 0.254 e. The van der Waals surface area contributed by atoms with Crippen LogP contribution in [0.1, 0.15) is 41.6 Å². The van der Waals surface area contributed by atoms with Crippen molar-refractivity contribution in [3.8, 4) is 0 Å². The van der Waals surface area contributed by atoms with Crippen LogP contribution in [-0.2, 0) is 0 Å². The highest BCUT2D eigenvalue weighted by Gasteiger charge is 2.24. The van der Waals surface area contributed by atoms with Crippen LogP contribution in [0.2, 0.25) is 10.0 Å². The number of anilines is 1. The zero-order chi connectivity index (χ0) is 18.8. The smallest absolute Gasteiger partial charge is 0.254 e. The number of hydrogen-bond donors (Lipinski definition) is 0. The maximum atomic E-state index is 12.7. The van der Waals surface area contributed by atoms with Crippen LogP contribution < -0.4 is 4.90 Å². The summed E-state index contributed by atoms with van der Waals surface area (Å²) < 4.78 is 0. The number of aromatic nitrogens is 2. The van der Waals surface area contributed by atoms with Crippen LogP contribution in [0.3, 0.4) is 0 Å². The summed E-state index contributed by atoms with van der Waals surface area (Å²) in [4.78, 5) is 25.9. The third-order valence-corrected chi connectivity index (χ3v) is 4.81. The molecule has 0 aliphatic carbocycles. The molecule has 1 fully saturated rings. The van der Waals surface area contributed by atoms with Crippen LogP contribution >= 0.6 is 23.2 Å². The molecule has 2 heterocycles. The lowest BCUT2D eigenvalue weighted by molar-refractivity contribution is 0.0746. The van der Waals surface area contributed by atoms with Gasteiger partial charge >= 0.3 is 0 Å². The summed E-state index contributed by atoms with van der Waals surface area (Å²) in [6.07, 6.45) is 0. The predicted molar refractivity (Wildman–Crippen MR) is 105 cm³/mol. The predicted octanol–water partition coefficient (Wildman–Crippen LogP) is 4.18. The molecule has 0 N–H and O–H groups in total. The molecule has 1 saturated heterocycles. The highest BCUT2D eigenvalue weighted by Crippen LogP contribution is 2.22. The monoisotopic (exact) mass is 392 g/mol. The van der Waals surface area contributed by atoms with Crippen LogP contribution in [0.15, 0.2) is 24.3 Å². The number of rotatable bonds is 3. The maximum absolute atomic E-state index is 12.7. The zero-order valence-electron chi connectivity index (χ0n) is 15.2. The number of amides is 1. The van der Waals surface area contributed by atoms with Crippen molar-refractivity contribution in [1.82, 2.24) is 14.9 Å². The number of piperazine rings is 1. The minimum atomic E-state index is -0.0456. The lowest BCUT2D eigenvalue weighted by atomic mass is 10.1. The van der Waals surface area contributed by atoms with Gasteiger partial charge in [-0.3, -0.25) is 4.79 Å². The Morgan fingerprint density at radius 3 is 2.19 bits per heavy atom. The van der Waals surface area contributed by atoms with E-state index < -0.39 is 0 Å². The van der Waals surface area contributed by atoms with E-state index in [1.165, 1.54) is 0 Å². The number of carbonyl (C=O) groups excluding carboxylic acids is 1. The fourth-order valence-corrected chi connectivity index (χ4v) is 3.52. The van der Waals surface area contributed by atoms with Crippen molar-refractivity contribution in [3.05, 3.63) is 51.4 Å². The van der Waals surface area contributed by atoms with Crippen LogP contribution in [0.5, 0.6) is 0 Å². The van der Waals surface area contributed by atoms with Crippen LogP contribution in [0.25, 0.3) is 0 Å². The van der Waals surface area contributed by atoms with Gasteiger partial charge in [-0.15, -0.1) is 0 Å². The van der Waals surface area contributed by atoms with Gasteiger partial charge in [0.25, 0.3) is 5.91 Å². The fourth-order valence-electron chi connectivity index (χ4n) is 2.99.